The SMILES string of the molecule is Cc1ccc(S(=O)(=O)N2CCCc3cc(NC(=O)c4ccc([N+](=O)[O-])c(C)c4)ccc32)cc1. The van der Waals surface area contributed by atoms with Gasteiger partial charge >= 0.3 is 0 Å². The minimum absolute atomic E-state index is 0.0461. The van der Waals surface area contributed by atoms with Crippen LogP contribution in [0.4, 0.5) is 17.1 Å². The normalized spacial score (nSPS) is 13.3. The van der Waals surface area contributed by atoms with E-state index in [4.69, 9.17) is 0 Å². The van der Waals surface area contributed by atoms with Crippen LogP contribution in [0.25, 0.3) is 0 Å². The van der Waals surface area contributed by atoms with E-state index in [9.17, 15) is 23.3 Å². The summed E-state index contributed by atoms with van der Waals surface area (Å²) < 4.78 is 27.9. The monoisotopic (exact) mass is 465 g/mol. The summed E-state index contributed by atoms with van der Waals surface area (Å²) >= 11 is 0. The molecule has 1 aliphatic heterocycles. The quantitative estimate of drug-likeness (QED) is 0.437. The number of rotatable bonds is 5. The molecule has 1 aliphatic rings. The van der Waals surface area contributed by atoms with Crippen LogP contribution in [0.15, 0.2) is 65.6 Å². The Morgan fingerprint density at radius 2 is 1.76 bits per heavy atom. The van der Waals surface area contributed by atoms with Gasteiger partial charge in [0, 0.05) is 29.4 Å². The van der Waals surface area contributed by atoms with Crippen LogP contribution < -0.4 is 9.62 Å². The first kappa shape index (κ1) is 22.5. The van der Waals surface area contributed by atoms with Gasteiger partial charge in [0.2, 0.25) is 0 Å². The standard InChI is InChI=1S/C24H23N3O5S/c1-16-5-9-21(10-6-16)33(31,32)26-13-3-4-18-15-20(8-12-23(18)26)25-24(28)19-7-11-22(27(29)30)17(2)14-19/h5-12,14-15H,3-4,13H2,1-2H3,(H,25,28). The largest absolute Gasteiger partial charge is 0.322 e. The van der Waals surface area contributed by atoms with Crippen molar-refractivity contribution in [1.82, 2.24) is 0 Å². The summed E-state index contributed by atoms with van der Waals surface area (Å²) in [7, 11) is -3.70. The number of amides is 1. The highest BCUT2D eigenvalue weighted by molar-refractivity contribution is 7.92. The number of aryl methyl sites for hydroxylation is 3. The lowest BCUT2D eigenvalue weighted by atomic mass is 10.0. The van der Waals surface area contributed by atoms with Gasteiger partial charge in [0.1, 0.15) is 0 Å². The summed E-state index contributed by atoms with van der Waals surface area (Å²) in [5.74, 6) is -0.395. The summed E-state index contributed by atoms with van der Waals surface area (Å²) in [6.45, 7) is 3.87. The van der Waals surface area contributed by atoms with Crippen LogP contribution in [0.1, 0.15) is 33.5 Å². The molecular weight excluding hydrogens is 442 g/mol. The first-order valence-electron chi connectivity index (χ1n) is 10.5. The van der Waals surface area contributed by atoms with Crippen molar-refractivity contribution in [1.29, 1.82) is 0 Å². The number of hydrogen-bond acceptors (Lipinski definition) is 5. The summed E-state index contributed by atoms with van der Waals surface area (Å²) in [4.78, 5) is 23.4. The van der Waals surface area contributed by atoms with Crippen molar-refractivity contribution < 1.29 is 18.1 Å². The maximum Gasteiger partial charge on any atom is 0.272 e. The summed E-state index contributed by atoms with van der Waals surface area (Å²) in [6, 6.07) is 16.1. The second-order valence-electron chi connectivity index (χ2n) is 8.05. The fourth-order valence-electron chi connectivity index (χ4n) is 3.93. The molecule has 1 N–H and O–H groups in total. The van der Waals surface area contributed by atoms with Crippen LogP contribution in [0.5, 0.6) is 0 Å². The van der Waals surface area contributed by atoms with E-state index >= 15 is 0 Å². The van der Waals surface area contributed by atoms with Crippen LogP contribution in [0.2, 0.25) is 0 Å². The highest BCUT2D eigenvalue weighted by Gasteiger charge is 2.29. The first-order chi connectivity index (χ1) is 15.7. The molecule has 0 aromatic heterocycles. The number of nitro benzene ring substituents is 1. The zero-order valence-corrected chi connectivity index (χ0v) is 19.1. The van der Waals surface area contributed by atoms with Crippen LogP contribution in [-0.2, 0) is 16.4 Å². The highest BCUT2D eigenvalue weighted by Crippen LogP contribution is 2.34. The van der Waals surface area contributed by atoms with E-state index in [0.29, 0.717) is 41.9 Å². The number of nitrogens with zero attached hydrogens (tertiary/aromatic N) is 2. The Morgan fingerprint density at radius 3 is 2.42 bits per heavy atom. The van der Waals surface area contributed by atoms with Gasteiger partial charge in [-0.1, -0.05) is 17.7 Å². The molecule has 170 valence electrons. The van der Waals surface area contributed by atoms with Crippen molar-refractivity contribution in [2.24, 2.45) is 0 Å². The maximum absolute atomic E-state index is 13.2. The highest BCUT2D eigenvalue weighted by atomic mass is 32.2. The third-order valence-electron chi connectivity index (χ3n) is 5.68. The number of sulfonamides is 1. The Hall–Kier alpha value is -3.72. The molecule has 9 heteroatoms. The van der Waals surface area contributed by atoms with Crippen molar-refractivity contribution in [2.75, 3.05) is 16.2 Å². The van der Waals surface area contributed by atoms with E-state index in [-0.39, 0.29) is 10.6 Å². The maximum atomic E-state index is 13.2. The molecule has 0 saturated carbocycles. The molecule has 0 spiro atoms. The van der Waals surface area contributed by atoms with Gasteiger partial charge in [-0.15, -0.1) is 0 Å². The fraction of sp³-hybridized carbons (Fsp3) is 0.208. The number of benzene rings is 3. The molecule has 0 atom stereocenters. The molecule has 0 radical (unpaired) electrons. The molecule has 3 aromatic rings. The Kier molecular flexibility index (Phi) is 5.90. The molecule has 1 heterocycles. The minimum atomic E-state index is -3.70. The summed E-state index contributed by atoms with van der Waals surface area (Å²) in [5, 5.41) is 13.8. The number of carbonyl (C=O) groups is 1. The smallest absolute Gasteiger partial charge is 0.272 e. The first-order valence-corrected chi connectivity index (χ1v) is 11.9. The van der Waals surface area contributed by atoms with Gasteiger partial charge in [-0.2, -0.15) is 0 Å². The van der Waals surface area contributed by atoms with Crippen molar-refractivity contribution >= 4 is 33.0 Å². The van der Waals surface area contributed by atoms with Crippen molar-refractivity contribution in [3.63, 3.8) is 0 Å². The Balaban J connectivity index is 1.58. The average molecular weight is 466 g/mol. The van der Waals surface area contributed by atoms with Gasteiger partial charge in [0.15, 0.2) is 0 Å². The van der Waals surface area contributed by atoms with E-state index < -0.39 is 20.9 Å². The number of carbonyl (C=O) groups excluding carboxylic acids is 1. The van der Waals surface area contributed by atoms with E-state index in [1.807, 2.05) is 6.92 Å². The topological polar surface area (TPSA) is 110 Å². The number of hydrogen-bond donors (Lipinski definition) is 1. The number of nitrogens with one attached hydrogen (secondary N) is 1. The van der Waals surface area contributed by atoms with Crippen LogP contribution >= 0.6 is 0 Å². The molecule has 0 saturated heterocycles. The Bertz CT molecular complexity index is 1350. The lowest BCUT2D eigenvalue weighted by Crippen LogP contribution is -2.35. The van der Waals surface area contributed by atoms with Crippen LogP contribution in [0, 0.1) is 24.0 Å². The van der Waals surface area contributed by atoms with E-state index in [1.54, 1.807) is 49.4 Å². The van der Waals surface area contributed by atoms with E-state index in [0.717, 1.165) is 11.1 Å². The predicted molar refractivity (Wildman–Crippen MR) is 126 cm³/mol. The van der Waals surface area contributed by atoms with E-state index in [2.05, 4.69) is 5.32 Å². The average Bonchev–Trinajstić information content (AvgIpc) is 2.78. The second-order valence-corrected chi connectivity index (χ2v) is 9.91. The predicted octanol–water partition coefficient (Wildman–Crippen LogP) is 4.61. The zero-order chi connectivity index (χ0) is 23.8. The second kappa shape index (κ2) is 8.67. The fourth-order valence-corrected chi connectivity index (χ4v) is 5.47. The van der Waals surface area contributed by atoms with Crippen LogP contribution in [0.3, 0.4) is 0 Å². The summed E-state index contributed by atoms with van der Waals surface area (Å²) in [5.41, 5.74) is 3.60. The number of nitro groups is 1. The lowest BCUT2D eigenvalue weighted by molar-refractivity contribution is -0.385. The molecule has 0 unspecified atom stereocenters. The van der Waals surface area contributed by atoms with Gasteiger partial charge < -0.3 is 5.32 Å². The molecule has 33 heavy (non-hydrogen) atoms. The minimum Gasteiger partial charge on any atom is -0.322 e. The molecule has 0 bridgehead atoms. The van der Waals surface area contributed by atoms with Crippen molar-refractivity contribution in [2.45, 2.75) is 31.6 Å². The molecule has 0 aliphatic carbocycles. The van der Waals surface area contributed by atoms with Crippen molar-refractivity contribution in [3.05, 3.63) is 93.0 Å². The third kappa shape index (κ3) is 4.45. The van der Waals surface area contributed by atoms with Gasteiger partial charge in [-0.3, -0.25) is 19.2 Å². The van der Waals surface area contributed by atoms with Gasteiger partial charge in [0.25, 0.3) is 21.6 Å². The number of fused-ring (bicyclic) bond motifs is 1. The molecular formula is C24H23N3O5S. The Labute approximate surface area is 192 Å². The number of anilines is 2. The molecule has 4 rings (SSSR count). The zero-order valence-electron chi connectivity index (χ0n) is 18.2. The molecule has 0 fully saturated rings. The molecule has 1 amide bonds. The van der Waals surface area contributed by atoms with E-state index in [1.165, 1.54) is 22.5 Å². The summed E-state index contributed by atoms with van der Waals surface area (Å²) in [6.07, 6.45) is 1.35. The van der Waals surface area contributed by atoms with Crippen molar-refractivity contribution in [3.8, 4) is 0 Å². The Morgan fingerprint density at radius 1 is 1.03 bits per heavy atom. The van der Waals surface area contributed by atoms with Gasteiger partial charge in [-0.05, 0) is 74.7 Å². The molecule has 3 aromatic carbocycles. The van der Waals surface area contributed by atoms with Gasteiger partial charge in [0.05, 0.1) is 15.5 Å². The lowest BCUT2D eigenvalue weighted by Gasteiger charge is -2.31. The van der Waals surface area contributed by atoms with Crippen LogP contribution in [-0.4, -0.2) is 25.8 Å². The molecule has 8 nitrogen and oxygen atoms in total. The van der Waals surface area contributed by atoms with Gasteiger partial charge in [-0.25, -0.2) is 8.42 Å². The third-order valence-corrected chi connectivity index (χ3v) is 7.51.